The molecule has 1 aromatic rings. The summed E-state index contributed by atoms with van der Waals surface area (Å²) in [4.78, 5) is 26.8. The molecule has 27 heavy (non-hydrogen) atoms. The Morgan fingerprint density at radius 3 is 2.67 bits per heavy atom. The molecule has 1 aliphatic heterocycles. The molecule has 148 valence electrons. The molecule has 2 saturated carbocycles. The molecule has 4 rings (SSSR count). The third kappa shape index (κ3) is 3.74. The first-order chi connectivity index (χ1) is 12.8. The second-order valence-corrected chi connectivity index (χ2v) is 7.57. The van der Waals surface area contributed by atoms with Crippen molar-refractivity contribution >= 4 is 5.91 Å². The van der Waals surface area contributed by atoms with Gasteiger partial charge in [-0.15, -0.1) is 0 Å². The molecule has 0 radical (unpaired) electrons. The number of ether oxygens (including phenoxy) is 1. The number of hydrogen-bond acceptors (Lipinski definition) is 4. The molecule has 2 heterocycles. The van der Waals surface area contributed by atoms with Crippen LogP contribution in [0.3, 0.4) is 0 Å². The molecule has 1 aromatic heterocycles. The predicted molar refractivity (Wildman–Crippen MR) is 89.2 cm³/mol. The number of morpholine rings is 1. The zero-order valence-electron chi connectivity index (χ0n) is 14.9. The summed E-state index contributed by atoms with van der Waals surface area (Å²) in [5.74, 6) is -0.426. The third-order valence-corrected chi connectivity index (χ3v) is 5.63. The Kier molecular flexibility index (Phi) is 4.73. The van der Waals surface area contributed by atoms with Crippen LogP contribution < -0.4 is 5.56 Å². The summed E-state index contributed by atoms with van der Waals surface area (Å²) in [5.41, 5.74) is -2.26. The fourth-order valence-corrected chi connectivity index (χ4v) is 4.08. The monoisotopic (exact) mass is 385 g/mol. The van der Waals surface area contributed by atoms with Crippen LogP contribution in [0.4, 0.5) is 13.2 Å². The van der Waals surface area contributed by atoms with Crippen molar-refractivity contribution < 1.29 is 22.7 Å². The van der Waals surface area contributed by atoms with E-state index in [2.05, 4.69) is 5.10 Å². The molecule has 1 amide bonds. The van der Waals surface area contributed by atoms with Gasteiger partial charge in [0.25, 0.3) is 5.56 Å². The zero-order valence-corrected chi connectivity index (χ0v) is 14.9. The number of rotatable bonds is 3. The van der Waals surface area contributed by atoms with E-state index in [0.29, 0.717) is 17.8 Å². The van der Waals surface area contributed by atoms with E-state index >= 15 is 0 Å². The third-order valence-electron chi connectivity index (χ3n) is 5.63. The minimum Gasteiger partial charge on any atom is -0.374 e. The van der Waals surface area contributed by atoms with Crippen LogP contribution in [-0.4, -0.2) is 45.9 Å². The number of aromatic nitrogens is 2. The summed E-state index contributed by atoms with van der Waals surface area (Å²) >= 11 is 0. The number of carbonyl (C=O) groups excluding carboxylic acids is 1. The van der Waals surface area contributed by atoms with Gasteiger partial charge in [-0.05, 0) is 31.7 Å². The van der Waals surface area contributed by atoms with Crippen LogP contribution in [0.5, 0.6) is 0 Å². The zero-order chi connectivity index (χ0) is 19.2. The van der Waals surface area contributed by atoms with E-state index in [0.717, 1.165) is 44.6 Å². The van der Waals surface area contributed by atoms with E-state index in [1.807, 2.05) is 0 Å². The van der Waals surface area contributed by atoms with Gasteiger partial charge in [-0.1, -0.05) is 12.8 Å². The van der Waals surface area contributed by atoms with Crippen LogP contribution in [-0.2, 0) is 22.3 Å². The van der Waals surface area contributed by atoms with Crippen LogP contribution >= 0.6 is 0 Å². The van der Waals surface area contributed by atoms with Crippen molar-refractivity contribution in [3.8, 4) is 0 Å². The van der Waals surface area contributed by atoms with Crippen molar-refractivity contribution in [2.45, 2.75) is 69.3 Å². The Morgan fingerprint density at radius 2 is 1.96 bits per heavy atom. The van der Waals surface area contributed by atoms with Gasteiger partial charge in [0.1, 0.15) is 12.1 Å². The van der Waals surface area contributed by atoms with Crippen molar-refractivity contribution in [1.82, 2.24) is 14.7 Å². The fourth-order valence-electron chi connectivity index (χ4n) is 4.08. The normalized spacial score (nSPS) is 26.0. The van der Waals surface area contributed by atoms with Gasteiger partial charge in [-0.3, -0.25) is 9.59 Å². The highest BCUT2D eigenvalue weighted by Gasteiger charge is 2.39. The minimum atomic E-state index is -4.76. The Balaban J connectivity index is 1.60. The Morgan fingerprint density at radius 1 is 1.22 bits per heavy atom. The van der Waals surface area contributed by atoms with Gasteiger partial charge in [0, 0.05) is 12.5 Å². The fraction of sp³-hybridized carbons (Fsp3) is 0.722. The standard InChI is InChI=1S/C18H22F3N3O3/c19-18(20,21)12-9-13(11-5-6-11)22-24(17(12)26)10-16(25)23-7-8-27-15-4-2-1-3-14(15)23/h9,11,14-15H,1-8,10H2. The lowest BCUT2D eigenvalue weighted by Gasteiger charge is -2.43. The van der Waals surface area contributed by atoms with Gasteiger partial charge >= 0.3 is 6.18 Å². The van der Waals surface area contributed by atoms with Crippen molar-refractivity contribution in [2.24, 2.45) is 0 Å². The molecule has 0 spiro atoms. The quantitative estimate of drug-likeness (QED) is 0.801. The molecule has 0 aromatic carbocycles. The Hall–Kier alpha value is -1.90. The van der Waals surface area contributed by atoms with E-state index in [1.165, 1.54) is 0 Å². The molecule has 9 heteroatoms. The maximum atomic E-state index is 13.3. The van der Waals surface area contributed by atoms with Gasteiger partial charge in [-0.2, -0.15) is 18.3 Å². The lowest BCUT2D eigenvalue weighted by Crippen LogP contribution is -2.56. The number of nitrogens with zero attached hydrogens (tertiary/aromatic N) is 3. The summed E-state index contributed by atoms with van der Waals surface area (Å²) < 4.78 is 46.2. The number of hydrogen-bond donors (Lipinski definition) is 0. The number of alkyl halides is 3. The van der Waals surface area contributed by atoms with Crippen molar-refractivity contribution in [3.05, 3.63) is 27.7 Å². The SMILES string of the molecule is O=C(Cn1nc(C2CC2)cc(C(F)(F)F)c1=O)N1CCOC2CCCCC21. The lowest BCUT2D eigenvalue weighted by molar-refractivity contribution is -0.151. The molecule has 0 N–H and O–H groups in total. The van der Waals surface area contributed by atoms with Crippen LogP contribution in [0.25, 0.3) is 0 Å². The van der Waals surface area contributed by atoms with Gasteiger partial charge in [-0.25, -0.2) is 4.68 Å². The first kappa shape index (κ1) is 18.5. The molecule has 6 nitrogen and oxygen atoms in total. The van der Waals surface area contributed by atoms with E-state index in [-0.39, 0.29) is 29.7 Å². The number of fused-ring (bicyclic) bond motifs is 1. The van der Waals surface area contributed by atoms with Crippen LogP contribution in [0.15, 0.2) is 10.9 Å². The van der Waals surface area contributed by atoms with Crippen molar-refractivity contribution in [2.75, 3.05) is 13.2 Å². The topological polar surface area (TPSA) is 64.4 Å². The molecular formula is C18H22F3N3O3. The molecule has 1 saturated heterocycles. The Bertz CT molecular complexity index is 786. The highest BCUT2D eigenvalue weighted by atomic mass is 19.4. The summed E-state index contributed by atoms with van der Waals surface area (Å²) in [6.45, 7) is 0.333. The van der Waals surface area contributed by atoms with Crippen LogP contribution in [0.2, 0.25) is 0 Å². The first-order valence-electron chi connectivity index (χ1n) is 9.45. The Labute approximate surface area is 154 Å². The molecule has 2 unspecified atom stereocenters. The molecular weight excluding hydrogens is 363 g/mol. The van der Waals surface area contributed by atoms with Crippen LogP contribution in [0, 0.1) is 0 Å². The summed E-state index contributed by atoms with van der Waals surface area (Å²) in [7, 11) is 0. The van der Waals surface area contributed by atoms with E-state index in [4.69, 9.17) is 4.74 Å². The van der Waals surface area contributed by atoms with Gasteiger partial charge in [0.2, 0.25) is 5.91 Å². The average Bonchev–Trinajstić information content (AvgIpc) is 3.47. The van der Waals surface area contributed by atoms with E-state index in [1.54, 1.807) is 4.90 Å². The summed E-state index contributed by atoms with van der Waals surface area (Å²) in [6, 6.07) is 0.775. The predicted octanol–water partition coefficient (Wildman–Crippen LogP) is 2.31. The summed E-state index contributed by atoms with van der Waals surface area (Å²) in [5, 5.41) is 4.07. The number of halogens is 3. The molecule has 2 aliphatic carbocycles. The van der Waals surface area contributed by atoms with E-state index in [9.17, 15) is 22.8 Å². The van der Waals surface area contributed by atoms with Crippen molar-refractivity contribution in [3.63, 3.8) is 0 Å². The minimum absolute atomic E-state index is 0.0235. The maximum absolute atomic E-state index is 13.3. The highest BCUT2D eigenvalue weighted by molar-refractivity contribution is 5.76. The molecule has 2 atom stereocenters. The lowest BCUT2D eigenvalue weighted by atomic mass is 9.90. The second-order valence-electron chi connectivity index (χ2n) is 7.57. The smallest absolute Gasteiger partial charge is 0.374 e. The van der Waals surface area contributed by atoms with Gasteiger partial charge in [0.15, 0.2) is 0 Å². The molecule has 0 bridgehead atoms. The molecule has 3 aliphatic rings. The maximum Gasteiger partial charge on any atom is 0.421 e. The average molecular weight is 385 g/mol. The van der Waals surface area contributed by atoms with Crippen LogP contribution in [0.1, 0.15) is 55.7 Å². The summed E-state index contributed by atoms with van der Waals surface area (Å²) in [6.07, 6.45) is 0.445. The first-order valence-corrected chi connectivity index (χ1v) is 9.45. The largest absolute Gasteiger partial charge is 0.421 e. The van der Waals surface area contributed by atoms with Gasteiger partial charge < -0.3 is 9.64 Å². The highest BCUT2D eigenvalue weighted by Crippen LogP contribution is 2.40. The van der Waals surface area contributed by atoms with Gasteiger partial charge in [0.05, 0.1) is 24.4 Å². The second kappa shape index (κ2) is 6.92. The number of carbonyl (C=O) groups is 1. The molecule has 3 fully saturated rings. The van der Waals surface area contributed by atoms with E-state index < -0.39 is 23.8 Å². The number of amides is 1. The van der Waals surface area contributed by atoms with Crippen molar-refractivity contribution in [1.29, 1.82) is 0 Å².